The molecule has 1 aliphatic carbocycles. The first kappa shape index (κ1) is 17.1. The second-order valence-electron chi connectivity index (χ2n) is 7.24. The summed E-state index contributed by atoms with van der Waals surface area (Å²) in [5.74, 6) is 0.954. The number of piperazine rings is 1. The average molecular weight is 306 g/mol. The normalized spacial score (nSPS) is 30.0. The van der Waals surface area contributed by atoms with Crippen LogP contribution in [0, 0.1) is 11.8 Å². The fraction of sp³-hybridized carbons (Fsp3) is 1.00. The zero-order valence-corrected chi connectivity index (χ0v) is 13.3. The van der Waals surface area contributed by atoms with Crippen LogP contribution in [0.15, 0.2) is 0 Å². The Hall–Kier alpha value is -0.290. The summed E-state index contributed by atoms with van der Waals surface area (Å²) >= 11 is 0. The molecule has 1 saturated heterocycles. The predicted octanol–water partition coefficient (Wildman–Crippen LogP) is 3.82. The van der Waals surface area contributed by atoms with E-state index in [1.807, 2.05) is 0 Å². The molecule has 2 fully saturated rings. The van der Waals surface area contributed by atoms with Crippen LogP contribution >= 0.6 is 0 Å². The molecule has 5 heteroatoms. The van der Waals surface area contributed by atoms with Gasteiger partial charge in [0.15, 0.2) is 0 Å². The summed E-state index contributed by atoms with van der Waals surface area (Å²) in [4.78, 5) is 1.72. The van der Waals surface area contributed by atoms with E-state index in [0.29, 0.717) is 18.4 Å². The Balaban J connectivity index is 2.00. The number of nitrogens with zero attached hydrogens (tertiary/aromatic N) is 1. The van der Waals surface area contributed by atoms with Gasteiger partial charge in [0.2, 0.25) is 0 Å². The van der Waals surface area contributed by atoms with Gasteiger partial charge < -0.3 is 5.32 Å². The van der Waals surface area contributed by atoms with Crippen LogP contribution in [-0.4, -0.2) is 42.8 Å². The summed E-state index contributed by atoms with van der Waals surface area (Å²) in [7, 11) is 0. The lowest BCUT2D eigenvalue weighted by Gasteiger charge is -2.45. The maximum absolute atomic E-state index is 12.9. The van der Waals surface area contributed by atoms with E-state index in [9.17, 15) is 13.2 Å². The third kappa shape index (κ3) is 5.44. The molecule has 0 aromatic heterocycles. The van der Waals surface area contributed by atoms with Gasteiger partial charge in [-0.25, -0.2) is 0 Å². The molecule has 2 atom stereocenters. The van der Waals surface area contributed by atoms with Crippen LogP contribution in [-0.2, 0) is 0 Å². The predicted molar refractivity (Wildman–Crippen MR) is 79.2 cm³/mol. The molecular formula is C16H29F3N2. The molecule has 1 heterocycles. The highest BCUT2D eigenvalue weighted by molar-refractivity contribution is 4.92. The molecule has 2 aliphatic rings. The quantitative estimate of drug-likeness (QED) is 0.849. The first-order valence-corrected chi connectivity index (χ1v) is 8.39. The van der Waals surface area contributed by atoms with E-state index in [0.717, 1.165) is 25.8 Å². The number of hydrogen-bond acceptors (Lipinski definition) is 2. The monoisotopic (exact) mass is 306 g/mol. The molecule has 0 radical (unpaired) electrons. The van der Waals surface area contributed by atoms with Gasteiger partial charge in [-0.1, -0.05) is 33.1 Å². The minimum Gasteiger partial charge on any atom is -0.311 e. The molecule has 1 N–H and O–H groups in total. The molecular weight excluding hydrogens is 277 g/mol. The van der Waals surface area contributed by atoms with E-state index in [2.05, 4.69) is 19.2 Å². The van der Waals surface area contributed by atoms with Gasteiger partial charge in [-0.3, -0.25) is 4.90 Å². The molecule has 2 nitrogen and oxygen atoms in total. The minimum atomic E-state index is -4.09. The van der Waals surface area contributed by atoms with Gasteiger partial charge in [0.25, 0.3) is 0 Å². The lowest BCUT2D eigenvalue weighted by atomic mass is 9.81. The lowest BCUT2D eigenvalue weighted by Crippen LogP contribution is -2.61. The van der Waals surface area contributed by atoms with Gasteiger partial charge in [-0.15, -0.1) is 0 Å². The molecule has 0 bridgehead atoms. The Labute approximate surface area is 126 Å². The highest BCUT2D eigenvalue weighted by Crippen LogP contribution is 2.32. The summed E-state index contributed by atoms with van der Waals surface area (Å²) in [6.07, 6.45) is 2.64. The van der Waals surface area contributed by atoms with Crippen molar-refractivity contribution in [2.45, 2.75) is 70.6 Å². The SMILES string of the molecule is CC(C)CC1CN(CC(F)(F)F)C(C2CCCCC2)CN1. The molecule has 0 amide bonds. The van der Waals surface area contributed by atoms with Crippen molar-refractivity contribution in [1.82, 2.24) is 10.2 Å². The Morgan fingerprint density at radius 3 is 2.38 bits per heavy atom. The standard InChI is InChI=1S/C16H29F3N2/c1-12(2)8-14-10-21(11-16(17,18)19)15(9-20-14)13-6-4-3-5-7-13/h12-15,20H,3-11H2,1-2H3. The van der Waals surface area contributed by atoms with Crippen molar-refractivity contribution in [3.8, 4) is 0 Å². The topological polar surface area (TPSA) is 15.3 Å². The van der Waals surface area contributed by atoms with Gasteiger partial charge in [-0.05, 0) is 31.1 Å². The summed E-state index contributed by atoms with van der Waals surface area (Å²) in [6.45, 7) is 4.77. The smallest absolute Gasteiger partial charge is 0.311 e. The van der Waals surface area contributed by atoms with Crippen molar-refractivity contribution in [3.05, 3.63) is 0 Å². The summed E-state index contributed by atoms with van der Waals surface area (Å²) in [5.41, 5.74) is 0. The van der Waals surface area contributed by atoms with E-state index < -0.39 is 12.7 Å². The highest BCUT2D eigenvalue weighted by atomic mass is 19.4. The summed E-state index contributed by atoms with van der Waals surface area (Å²) in [5, 5.41) is 3.50. The number of nitrogens with one attached hydrogen (secondary N) is 1. The van der Waals surface area contributed by atoms with Gasteiger partial charge in [0, 0.05) is 25.2 Å². The van der Waals surface area contributed by atoms with Crippen molar-refractivity contribution < 1.29 is 13.2 Å². The van der Waals surface area contributed by atoms with Crippen molar-refractivity contribution in [3.63, 3.8) is 0 Å². The Kier molecular flexibility index (Phi) is 5.95. The number of halogens is 3. The van der Waals surface area contributed by atoms with Crippen molar-refractivity contribution in [1.29, 1.82) is 0 Å². The van der Waals surface area contributed by atoms with E-state index >= 15 is 0 Å². The van der Waals surface area contributed by atoms with E-state index in [1.54, 1.807) is 4.90 Å². The molecule has 0 spiro atoms. The third-order valence-electron chi connectivity index (χ3n) is 4.87. The summed E-state index contributed by atoms with van der Waals surface area (Å²) < 4.78 is 38.7. The maximum atomic E-state index is 12.9. The van der Waals surface area contributed by atoms with Gasteiger partial charge in [0.05, 0.1) is 6.54 Å². The second kappa shape index (κ2) is 7.32. The minimum absolute atomic E-state index is 0.0651. The van der Waals surface area contributed by atoms with Crippen molar-refractivity contribution >= 4 is 0 Å². The largest absolute Gasteiger partial charge is 0.401 e. The number of hydrogen-bond donors (Lipinski definition) is 1. The number of alkyl halides is 3. The van der Waals surface area contributed by atoms with Crippen LogP contribution in [0.5, 0.6) is 0 Å². The van der Waals surface area contributed by atoms with Gasteiger partial charge >= 0.3 is 6.18 Å². The molecule has 2 unspecified atom stereocenters. The Morgan fingerprint density at radius 2 is 1.81 bits per heavy atom. The van der Waals surface area contributed by atoms with Crippen LogP contribution in [0.25, 0.3) is 0 Å². The first-order valence-electron chi connectivity index (χ1n) is 8.39. The molecule has 0 aromatic carbocycles. The highest BCUT2D eigenvalue weighted by Gasteiger charge is 2.40. The van der Waals surface area contributed by atoms with Crippen molar-refractivity contribution in [2.75, 3.05) is 19.6 Å². The Morgan fingerprint density at radius 1 is 1.14 bits per heavy atom. The molecule has 21 heavy (non-hydrogen) atoms. The average Bonchev–Trinajstić information content (AvgIpc) is 2.37. The molecule has 0 aromatic rings. The maximum Gasteiger partial charge on any atom is 0.401 e. The third-order valence-corrected chi connectivity index (χ3v) is 4.87. The molecule has 124 valence electrons. The van der Waals surface area contributed by atoms with E-state index in [1.165, 1.54) is 19.3 Å². The van der Waals surface area contributed by atoms with E-state index in [-0.39, 0.29) is 12.1 Å². The van der Waals surface area contributed by atoms with E-state index in [4.69, 9.17) is 0 Å². The molecule has 1 aliphatic heterocycles. The Bertz CT molecular complexity index is 311. The fourth-order valence-electron chi connectivity index (χ4n) is 4.02. The second-order valence-corrected chi connectivity index (χ2v) is 7.24. The van der Waals surface area contributed by atoms with Crippen LogP contribution in [0.3, 0.4) is 0 Å². The number of rotatable bonds is 4. The van der Waals surface area contributed by atoms with Crippen LogP contribution < -0.4 is 5.32 Å². The van der Waals surface area contributed by atoms with Crippen molar-refractivity contribution in [2.24, 2.45) is 11.8 Å². The lowest BCUT2D eigenvalue weighted by molar-refractivity contribution is -0.157. The summed E-state index contributed by atoms with van der Waals surface area (Å²) in [6, 6.07) is 0.266. The molecule has 1 saturated carbocycles. The molecule has 2 rings (SSSR count). The first-order chi connectivity index (χ1) is 9.85. The van der Waals surface area contributed by atoms with Crippen LogP contribution in [0.1, 0.15) is 52.4 Å². The van der Waals surface area contributed by atoms with Crippen LogP contribution in [0.4, 0.5) is 13.2 Å². The van der Waals surface area contributed by atoms with Crippen LogP contribution in [0.2, 0.25) is 0 Å². The van der Waals surface area contributed by atoms with Gasteiger partial charge in [0.1, 0.15) is 0 Å². The fourth-order valence-corrected chi connectivity index (χ4v) is 4.02. The zero-order chi connectivity index (χ0) is 15.5. The van der Waals surface area contributed by atoms with Gasteiger partial charge in [-0.2, -0.15) is 13.2 Å². The zero-order valence-electron chi connectivity index (χ0n) is 13.3.